The summed E-state index contributed by atoms with van der Waals surface area (Å²) in [6.07, 6.45) is 2.61. The molecule has 0 aliphatic carbocycles. The molecule has 1 rings (SSSR count). The molecular weight excluding hydrogens is 206 g/mol. The van der Waals surface area contributed by atoms with E-state index in [9.17, 15) is 9.90 Å². The number of rotatable bonds is 5. The Morgan fingerprint density at radius 1 is 1.69 bits per heavy atom. The van der Waals surface area contributed by atoms with Gasteiger partial charge < -0.3 is 21.1 Å². The highest BCUT2D eigenvalue weighted by Crippen LogP contribution is 2.21. The molecule has 1 amide bonds. The third-order valence-electron chi connectivity index (χ3n) is 2.61. The number of hydrogen-bond acceptors (Lipinski definition) is 3. The Balaban J connectivity index is 2.52. The predicted molar refractivity (Wildman–Crippen MR) is 61.9 cm³/mol. The van der Waals surface area contributed by atoms with Crippen LogP contribution in [-0.2, 0) is 10.2 Å². The molecule has 0 saturated carbocycles. The van der Waals surface area contributed by atoms with Gasteiger partial charge in [0, 0.05) is 30.9 Å². The topological polar surface area (TPSA) is 91.1 Å². The molecule has 1 heterocycles. The zero-order chi connectivity index (χ0) is 12.2. The van der Waals surface area contributed by atoms with E-state index in [4.69, 9.17) is 5.73 Å². The third kappa shape index (κ3) is 3.08. The number of nitrogens with two attached hydrogens (primary N) is 1. The maximum atomic E-state index is 11.3. The normalized spacial score (nSPS) is 13.5. The van der Waals surface area contributed by atoms with Crippen LogP contribution in [0.4, 0.5) is 0 Å². The molecule has 1 aromatic rings. The van der Waals surface area contributed by atoms with Gasteiger partial charge in [-0.2, -0.15) is 0 Å². The van der Waals surface area contributed by atoms with E-state index in [1.807, 2.05) is 32.3 Å². The molecule has 90 valence electrons. The second kappa shape index (κ2) is 5.14. The summed E-state index contributed by atoms with van der Waals surface area (Å²) in [5.74, 6) is -0.425. The summed E-state index contributed by atoms with van der Waals surface area (Å²) in [5.41, 5.74) is 6.12. The van der Waals surface area contributed by atoms with Crippen molar-refractivity contribution in [3.8, 4) is 0 Å². The molecule has 0 bridgehead atoms. The van der Waals surface area contributed by atoms with Gasteiger partial charge in [0.25, 0.3) is 0 Å². The highest BCUT2D eigenvalue weighted by molar-refractivity contribution is 5.80. The molecule has 5 N–H and O–H groups in total. The zero-order valence-corrected chi connectivity index (χ0v) is 9.66. The van der Waals surface area contributed by atoms with Crippen molar-refractivity contribution in [2.45, 2.75) is 25.4 Å². The molecule has 0 spiro atoms. The second-order valence-corrected chi connectivity index (χ2v) is 4.45. The fraction of sp³-hybridized carbons (Fsp3) is 0.545. The van der Waals surface area contributed by atoms with Crippen molar-refractivity contribution >= 4 is 5.91 Å². The maximum Gasteiger partial charge on any atom is 0.250 e. The molecule has 0 fully saturated rings. The summed E-state index contributed by atoms with van der Waals surface area (Å²) >= 11 is 0. The van der Waals surface area contributed by atoms with Gasteiger partial charge in [-0.3, -0.25) is 4.79 Å². The average Bonchev–Trinajstić information content (AvgIpc) is 2.78. The largest absolute Gasteiger partial charge is 0.382 e. The van der Waals surface area contributed by atoms with Gasteiger partial charge >= 0.3 is 0 Å². The lowest BCUT2D eigenvalue weighted by Crippen LogP contribution is -2.44. The predicted octanol–water partition coefficient (Wildman–Crippen LogP) is -0.272. The van der Waals surface area contributed by atoms with Crippen LogP contribution in [0.5, 0.6) is 0 Å². The van der Waals surface area contributed by atoms with Crippen LogP contribution in [0.1, 0.15) is 19.4 Å². The zero-order valence-electron chi connectivity index (χ0n) is 9.66. The van der Waals surface area contributed by atoms with E-state index in [0.717, 1.165) is 5.56 Å². The van der Waals surface area contributed by atoms with E-state index >= 15 is 0 Å². The summed E-state index contributed by atoms with van der Waals surface area (Å²) in [6, 6.07) is 1.96. The lowest BCUT2D eigenvalue weighted by Gasteiger charge is -2.24. The van der Waals surface area contributed by atoms with Crippen LogP contribution >= 0.6 is 0 Å². The molecule has 0 radical (unpaired) electrons. The van der Waals surface area contributed by atoms with Gasteiger partial charge in [0.05, 0.1) is 0 Å². The fourth-order valence-electron chi connectivity index (χ4n) is 1.38. The first-order valence-corrected chi connectivity index (χ1v) is 5.26. The molecule has 0 aliphatic heterocycles. The number of amides is 1. The van der Waals surface area contributed by atoms with E-state index in [2.05, 4.69) is 10.3 Å². The number of carbonyl (C=O) groups excluding carboxylic acids is 1. The molecule has 1 atom stereocenters. The Hall–Kier alpha value is -1.33. The molecule has 0 saturated heterocycles. The van der Waals surface area contributed by atoms with Gasteiger partial charge in [-0.15, -0.1) is 0 Å². The molecule has 16 heavy (non-hydrogen) atoms. The van der Waals surface area contributed by atoms with Crippen LogP contribution in [0, 0.1) is 0 Å². The molecule has 0 aliphatic rings. The molecule has 1 aromatic heterocycles. The van der Waals surface area contributed by atoms with Gasteiger partial charge in [-0.05, 0) is 11.6 Å². The van der Waals surface area contributed by atoms with E-state index < -0.39 is 12.0 Å². The first-order valence-electron chi connectivity index (χ1n) is 5.26. The van der Waals surface area contributed by atoms with Gasteiger partial charge in [-0.25, -0.2) is 0 Å². The smallest absolute Gasteiger partial charge is 0.250 e. The van der Waals surface area contributed by atoms with Crippen LogP contribution in [-0.4, -0.2) is 35.2 Å². The SMILES string of the molecule is CC(C)(CNC(=O)C(O)CN)c1cc[nH]c1. The molecule has 5 heteroatoms. The van der Waals surface area contributed by atoms with E-state index in [0.29, 0.717) is 6.54 Å². The number of carbonyl (C=O) groups is 1. The summed E-state index contributed by atoms with van der Waals surface area (Å²) in [5, 5.41) is 11.9. The third-order valence-corrected chi connectivity index (χ3v) is 2.61. The highest BCUT2D eigenvalue weighted by Gasteiger charge is 2.23. The van der Waals surface area contributed by atoms with Gasteiger partial charge in [0.1, 0.15) is 6.10 Å². The Kier molecular flexibility index (Phi) is 4.09. The number of aliphatic hydroxyl groups is 1. The average molecular weight is 225 g/mol. The van der Waals surface area contributed by atoms with Crippen LogP contribution in [0.3, 0.4) is 0 Å². The minimum atomic E-state index is -1.12. The summed E-state index contributed by atoms with van der Waals surface area (Å²) < 4.78 is 0. The van der Waals surface area contributed by atoms with E-state index in [1.165, 1.54) is 0 Å². The minimum absolute atomic E-state index is 0.0591. The van der Waals surface area contributed by atoms with Crippen LogP contribution < -0.4 is 11.1 Å². The fourth-order valence-corrected chi connectivity index (χ4v) is 1.38. The first-order chi connectivity index (χ1) is 7.47. The summed E-state index contributed by atoms with van der Waals surface area (Å²) in [7, 11) is 0. The minimum Gasteiger partial charge on any atom is -0.382 e. The van der Waals surface area contributed by atoms with E-state index in [-0.39, 0.29) is 12.0 Å². The standard InChI is InChI=1S/C11H19N3O2/c1-11(2,8-3-4-13-6-8)7-14-10(16)9(15)5-12/h3-4,6,9,13,15H,5,7,12H2,1-2H3,(H,14,16). The molecule has 1 unspecified atom stereocenters. The number of aromatic nitrogens is 1. The van der Waals surface area contributed by atoms with Crippen LogP contribution in [0.25, 0.3) is 0 Å². The van der Waals surface area contributed by atoms with Crippen LogP contribution in [0.15, 0.2) is 18.5 Å². The lowest BCUT2D eigenvalue weighted by molar-refractivity contribution is -0.129. The van der Waals surface area contributed by atoms with Gasteiger partial charge in [0.2, 0.25) is 5.91 Å². The lowest BCUT2D eigenvalue weighted by atomic mass is 9.86. The Morgan fingerprint density at radius 3 is 2.88 bits per heavy atom. The quantitative estimate of drug-likeness (QED) is 0.556. The van der Waals surface area contributed by atoms with Crippen molar-refractivity contribution in [3.63, 3.8) is 0 Å². The number of hydrogen-bond donors (Lipinski definition) is 4. The molecule has 5 nitrogen and oxygen atoms in total. The number of nitrogens with one attached hydrogen (secondary N) is 2. The van der Waals surface area contributed by atoms with Crippen molar-refractivity contribution < 1.29 is 9.90 Å². The van der Waals surface area contributed by atoms with E-state index in [1.54, 1.807) is 0 Å². The monoisotopic (exact) mass is 225 g/mol. The Bertz CT molecular complexity index is 333. The molecule has 0 aromatic carbocycles. The van der Waals surface area contributed by atoms with Gasteiger partial charge in [0.15, 0.2) is 0 Å². The van der Waals surface area contributed by atoms with Crippen molar-refractivity contribution in [2.24, 2.45) is 5.73 Å². The van der Waals surface area contributed by atoms with Crippen LogP contribution in [0.2, 0.25) is 0 Å². The number of aliphatic hydroxyl groups excluding tert-OH is 1. The highest BCUT2D eigenvalue weighted by atomic mass is 16.3. The number of aromatic amines is 1. The molecular formula is C11H19N3O2. The first kappa shape index (κ1) is 12.7. The summed E-state index contributed by atoms with van der Waals surface area (Å²) in [6.45, 7) is 4.44. The van der Waals surface area contributed by atoms with Crippen molar-refractivity contribution in [2.75, 3.05) is 13.1 Å². The Morgan fingerprint density at radius 2 is 2.38 bits per heavy atom. The van der Waals surface area contributed by atoms with Crippen molar-refractivity contribution in [1.82, 2.24) is 10.3 Å². The second-order valence-electron chi connectivity index (χ2n) is 4.45. The number of H-pyrrole nitrogens is 1. The van der Waals surface area contributed by atoms with Gasteiger partial charge in [-0.1, -0.05) is 13.8 Å². The van der Waals surface area contributed by atoms with Crippen molar-refractivity contribution in [3.05, 3.63) is 24.0 Å². The Labute approximate surface area is 95.0 Å². The summed E-state index contributed by atoms with van der Waals surface area (Å²) in [4.78, 5) is 14.3. The maximum absolute atomic E-state index is 11.3. The van der Waals surface area contributed by atoms with Crippen molar-refractivity contribution in [1.29, 1.82) is 0 Å².